The van der Waals surface area contributed by atoms with Crippen LogP contribution in [-0.4, -0.2) is 107 Å². The lowest BCUT2D eigenvalue weighted by Gasteiger charge is -2.21. The Balaban J connectivity index is 1.42. The molecular formula is C38H41N9O8. The third-order valence-electron chi connectivity index (χ3n) is 9.13. The molecule has 0 spiro atoms. The van der Waals surface area contributed by atoms with Crippen molar-refractivity contribution in [1.82, 2.24) is 38.7 Å². The Bertz CT molecular complexity index is 2370. The molecule has 4 heterocycles. The van der Waals surface area contributed by atoms with Crippen molar-refractivity contribution < 1.29 is 38.6 Å². The number of anilines is 1. The predicted molar refractivity (Wildman–Crippen MR) is 202 cm³/mol. The first-order valence-corrected chi connectivity index (χ1v) is 17.7. The van der Waals surface area contributed by atoms with Crippen LogP contribution < -0.4 is 14.8 Å². The minimum Gasteiger partial charge on any atom is -0.492 e. The van der Waals surface area contributed by atoms with Crippen molar-refractivity contribution in [3.63, 3.8) is 0 Å². The molecule has 0 atom stereocenters. The average molecular weight is 752 g/mol. The highest BCUT2D eigenvalue weighted by molar-refractivity contribution is 6.13. The van der Waals surface area contributed by atoms with E-state index in [1.807, 2.05) is 38.1 Å². The van der Waals surface area contributed by atoms with Crippen LogP contribution in [0.2, 0.25) is 0 Å². The fourth-order valence-corrected chi connectivity index (χ4v) is 6.46. The van der Waals surface area contributed by atoms with E-state index in [4.69, 9.17) is 14.5 Å². The molecule has 0 bridgehead atoms. The van der Waals surface area contributed by atoms with Gasteiger partial charge in [-0.3, -0.25) is 38.6 Å². The molecule has 2 N–H and O–H groups in total. The summed E-state index contributed by atoms with van der Waals surface area (Å²) in [6.45, 7) is 6.41. The molecule has 17 heteroatoms. The van der Waals surface area contributed by atoms with Crippen molar-refractivity contribution >= 4 is 57.6 Å². The number of carboxylic acids is 1. The van der Waals surface area contributed by atoms with Gasteiger partial charge in [0.2, 0.25) is 11.9 Å². The number of hydrogen-bond donors (Lipinski definition) is 2. The van der Waals surface area contributed by atoms with Crippen molar-refractivity contribution in [3.05, 3.63) is 77.9 Å². The molecule has 0 radical (unpaired) electrons. The highest BCUT2D eigenvalue weighted by Crippen LogP contribution is 2.45. The van der Waals surface area contributed by atoms with Crippen molar-refractivity contribution in [1.29, 1.82) is 0 Å². The average Bonchev–Trinajstić information content (AvgIpc) is 3.94. The fraction of sp³-hybridized carbons (Fsp3) is 0.316. The van der Waals surface area contributed by atoms with Crippen molar-refractivity contribution in [2.24, 2.45) is 0 Å². The molecular weight excluding hydrogens is 710 g/mol. The van der Waals surface area contributed by atoms with Crippen LogP contribution in [-0.2, 0) is 27.5 Å². The Hall–Kier alpha value is -6.78. The SMILES string of the molecule is CC=CCn1c(NC(=O)c2cc(C)nn2CC)nc2c(-n3cnc4ccccc43)c(C(=O)O)c(OC)c(OCCCN(C)C(=O)CCN3C(=O)C=CC3=O)c21. The van der Waals surface area contributed by atoms with Gasteiger partial charge in [0.1, 0.15) is 28.6 Å². The van der Waals surface area contributed by atoms with E-state index < -0.39 is 23.7 Å². The Morgan fingerprint density at radius 1 is 1.09 bits per heavy atom. The second kappa shape index (κ2) is 16.1. The van der Waals surface area contributed by atoms with E-state index in [1.165, 1.54) is 30.5 Å². The number of methoxy groups -OCH3 is 1. The van der Waals surface area contributed by atoms with Crippen LogP contribution in [0.15, 0.2) is 61.0 Å². The number of fused-ring (bicyclic) bond motifs is 2. The topological polar surface area (TPSA) is 196 Å². The highest BCUT2D eigenvalue weighted by Gasteiger charge is 2.33. The van der Waals surface area contributed by atoms with Crippen LogP contribution >= 0.6 is 0 Å². The van der Waals surface area contributed by atoms with Crippen molar-refractivity contribution in [2.75, 3.05) is 39.2 Å². The zero-order chi connectivity index (χ0) is 39.4. The maximum absolute atomic E-state index is 13.8. The Morgan fingerprint density at radius 3 is 2.53 bits per heavy atom. The van der Waals surface area contributed by atoms with Crippen LogP contribution in [0, 0.1) is 6.92 Å². The van der Waals surface area contributed by atoms with Gasteiger partial charge in [0, 0.05) is 51.8 Å². The molecule has 0 aliphatic carbocycles. The lowest BCUT2D eigenvalue weighted by atomic mass is 10.1. The maximum atomic E-state index is 13.8. The third-order valence-corrected chi connectivity index (χ3v) is 9.13. The maximum Gasteiger partial charge on any atom is 0.341 e. The van der Waals surface area contributed by atoms with Gasteiger partial charge in [-0.25, -0.2) is 14.8 Å². The van der Waals surface area contributed by atoms with Crippen molar-refractivity contribution in [2.45, 2.75) is 46.7 Å². The van der Waals surface area contributed by atoms with Gasteiger partial charge in [0.05, 0.1) is 36.1 Å². The smallest absolute Gasteiger partial charge is 0.341 e. The number of hydrogen-bond acceptors (Lipinski definition) is 10. The summed E-state index contributed by atoms with van der Waals surface area (Å²) in [5.41, 5.74) is 2.67. The minimum atomic E-state index is -1.32. The molecule has 4 amide bonds. The quantitative estimate of drug-likeness (QED) is 0.0841. The Labute approximate surface area is 315 Å². The molecule has 0 saturated heterocycles. The number of imide groups is 1. The summed E-state index contributed by atoms with van der Waals surface area (Å²) in [5, 5.41) is 18.1. The number of nitrogens with one attached hydrogen (secondary N) is 1. The summed E-state index contributed by atoms with van der Waals surface area (Å²) < 4.78 is 17.1. The molecule has 55 heavy (non-hydrogen) atoms. The van der Waals surface area contributed by atoms with Crippen LogP contribution in [0.5, 0.6) is 11.5 Å². The second-order valence-electron chi connectivity index (χ2n) is 12.7. The molecule has 0 saturated carbocycles. The van der Waals surface area contributed by atoms with Gasteiger partial charge < -0.3 is 24.0 Å². The number of imidazole rings is 2. The van der Waals surface area contributed by atoms with Crippen LogP contribution in [0.25, 0.3) is 27.8 Å². The Morgan fingerprint density at radius 2 is 1.84 bits per heavy atom. The Kier molecular flexibility index (Phi) is 11.1. The molecule has 0 fully saturated rings. The zero-order valence-electron chi connectivity index (χ0n) is 31.1. The number of aromatic nitrogens is 6. The molecule has 1 aliphatic rings. The minimum absolute atomic E-state index is 0.0218. The van der Waals surface area contributed by atoms with Gasteiger partial charge in [-0.1, -0.05) is 24.3 Å². The van der Waals surface area contributed by atoms with Crippen LogP contribution in [0.4, 0.5) is 5.95 Å². The first-order chi connectivity index (χ1) is 26.5. The normalized spacial score (nSPS) is 12.8. The second-order valence-corrected chi connectivity index (χ2v) is 12.7. The lowest BCUT2D eigenvalue weighted by Crippen LogP contribution is -2.36. The number of allylic oxidation sites excluding steroid dienone is 2. The largest absolute Gasteiger partial charge is 0.492 e. The van der Waals surface area contributed by atoms with Gasteiger partial charge in [-0.05, 0) is 45.4 Å². The van der Waals surface area contributed by atoms with Crippen molar-refractivity contribution in [3.8, 4) is 17.2 Å². The number of carbonyl (C=O) groups excluding carboxylic acids is 4. The number of aryl methyl sites for hydroxylation is 2. The van der Waals surface area contributed by atoms with E-state index in [9.17, 15) is 29.1 Å². The summed E-state index contributed by atoms with van der Waals surface area (Å²) in [6, 6.07) is 8.92. The first-order valence-electron chi connectivity index (χ1n) is 17.7. The van der Waals surface area contributed by atoms with Gasteiger partial charge in [-0.15, -0.1) is 0 Å². The molecule has 286 valence electrons. The van der Waals surface area contributed by atoms with Crippen LogP contribution in [0.3, 0.4) is 0 Å². The van der Waals surface area contributed by atoms with E-state index in [1.54, 1.807) is 46.0 Å². The van der Waals surface area contributed by atoms with E-state index >= 15 is 0 Å². The number of benzene rings is 2. The summed E-state index contributed by atoms with van der Waals surface area (Å²) in [6.07, 6.45) is 7.81. The van der Waals surface area contributed by atoms with E-state index in [0.29, 0.717) is 40.9 Å². The first kappa shape index (κ1) is 38.0. The number of nitrogens with zero attached hydrogens (tertiary/aromatic N) is 8. The highest BCUT2D eigenvalue weighted by atomic mass is 16.5. The molecule has 2 aromatic carbocycles. The van der Waals surface area contributed by atoms with E-state index in [-0.39, 0.29) is 72.8 Å². The third kappa shape index (κ3) is 7.40. The summed E-state index contributed by atoms with van der Waals surface area (Å²) in [4.78, 5) is 75.5. The molecule has 0 unspecified atom stereocenters. The lowest BCUT2D eigenvalue weighted by molar-refractivity contribution is -0.138. The summed E-state index contributed by atoms with van der Waals surface area (Å²) in [7, 11) is 2.95. The number of carbonyl (C=O) groups is 5. The predicted octanol–water partition coefficient (Wildman–Crippen LogP) is 3.98. The zero-order valence-corrected chi connectivity index (χ0v) is 31.1. The number of carboxylic acid groups (broad SMARTS) is 1. The standard InChI is InChI=1S/C38H41N9O8/c1-6-8-18-45-33-31(40-38(45)41-36(51)26-21-23(3)42-47(26)7-2)32(46-22-39-24-12-9-10-13-25(24)46)30(37(52)53)34(54-5)35(33)55-20-11-17-43(4)27(48)16-19-44-28(49)14-15-29(44)50/h6,8-10,12-15,21-22H,7,11,16-20H2,1-5H3,(H,52,53)(H,40,41,51). The van der Waals surface area contributed by atoms with Gasteiger partial charge in [0.15, 0.2) is 11.5 Å². The van der Waals surface area contributed by atoms with E-state index in [0.717, 1.165) is 4.90 Å². The van der Waals surface area contributed by atoms with Gasteiger partial charge >= 0.3 is 5.97 Å². The monoisotopic (exact) mass is 751 g/mol. The number of amides is 4. The number of rotatable bonds is 16. The van der Waals surface area contributed by atoms with Crippen LogP contribution in [0.1, 0.15) is 53.2 Å². The number of aromatic carboxylic acids is 1. The summed E-state index contributed by atoms with van der Waals surface area (Å²) >= 11 is 0. The molecule has 1 aliphatic heterocycles. The number of para-hydroxylation sites is 2. The number of ether oxygens (including phenoxy) is 2. The molecule has 5 aromatic rings. The van der Waals surface area contributed by atoms with Gasteiger partial charge in [0.25, 0.3) is 17.7 Å². The summed E-state index contributed by atoms with van der Waals surface area (Å²) in [5.74, 6) is -2.86. The molecule has 6 rings (SSSR count). The van der Waals surface area contributed by atoms with E-state index in [2.05, 4.69) is 15.4 Å². The fourth-order valence-electron chi connectivity index (χ4n) is 6.46. The molecule has 3 aromatic heterocycles. The molecule has 17 nitrogen and oxygen atoms in total. The van der Waals surface area contributed by atoms with Gasteiger partial charge in [-0.2, -0.15) is 5.10 Å².